The van der Waals surface area contributed by atoms with Gasteiger partial charge in [0, 0.05) is 65.1 Å². The van der Waals surface area contributed by atoms with Gasteiger partial charge in [-0.25, -0.2) is 4.79 Å². The van der Waals surface area contributed by atoms with Gasteiger partial charge in [0.15, 0.2) is 5.78 Å². The number of ether oxygens (including phenoxy) is 8. The molecule has 4 bridgehead atoms. The van der Waals surface area contributed by atoms with E-state index in [-0.39, 0.29) is 183 Å². The van der Waals surface area contributed by atoms with Crippen LogP contribution in [0.4, 0.5) is 0 Å². The molecular formula is C122H198O21. The standard InChI is InChI=1S/C30H40O4.C22H30O7.C22H30O4.C12H16O3.C12H16O2.C12H18O.12CH4/c1-3-20(2)24-4-6-28(7-5-24)33-8-9-34-29-25(18-31)13-27(14-26(29)19-32)30-15-21-10-22(16-30)12-23(11-21)17-30;1-3-14(2)15-4-6-16(7-5-15)28-8-9-29-22-19(12-25)17(10-23)21(27)18(11-24)20(22)13-26;1-5-16(2)18-6-8-21(9-7-18)26-11-10-17-12-19(14-24-3)22(23)20(13-17)15-25-4;1-4-8(2)9-5-6-11(13)10(7-9)12(14)15-3;1-4-8(2)10-5-6-12(14)11(7-10)9(3)13;1-5-8(2)11-6-9(3)12(13)10(4)7-11;;;;;;;;;;;;/h4-7,13-14,20-23,31-32H,3,8-12,15-19H2,1-2H3;4-7,14,23-27H,3,8-13H2,1-2H3;6-9,12-13,16,23H,5,10-11,14-15H2,1-4H3;5-8,13H,4H2,1-3H3;5-8,14H,4H2,1-3H3;6-8,13H,5H2,1-4H3;12*1H4. The number of phenols is 5. The number of phenolic OH excluding ortho intramolecular Hbond substituents is 4. The minimum Gasteiger partial charge on any atom is -0.507 e. The molecule has 4 aliphatic rings. The van der Waals surface area contributed by atoms with E-state index < -0.39 is 32.4 Å². The molecule has 143 heavy (non-hydrogen) atoms. The van der Waals surface area contributed by atoms with Gasteiger partial charge in [0.1, 0.15) is 89.5 Å². The Morgan fingerprint density at radius 3 is 0.972 bits per heavy atom. The number of aromatic hydroxyl groups is 5. The molecule has 4 aliphatic carbocycles. The first-order chi connectivity index (χ1) is 62.8. The molecule has 0 saturated heterocycles. The Morgan fingerprint density at radius 2 is 0.650 bits per heavy atom. The minimum atomic E-state index is -0.546. The van der Waals surface area contributed by atoms with E-state index in [1.165, 1.54) is 86.4 Å². The van der Waals surface area contributed by atoms with Crippen molar-refractivity contribution in [1.82, 2.24) is 0 Å². The van der Waals surface area contributed by atoms with Gasteiger partial charge in [0.25, 0.3) is 0 Å². The molecule has 0 aliphatic heterocycles. The maximum Gasteiger partial charge on any atom is 0.341 e. The van der Waals surface area contributed by atoms with Crippen LogP contribution in [0.1, 0.15) is 413 Å². The third-order valence-corrected chi connectivity index (χ3v) is 26.6. The lowest BCUT2D eigenvalue weighted by Gasteiger charge is -2.57. The summed E-state index contributed by atoms with van der Waals surface area (Å²) < 4.78 is 44.2. The number of Topliss-reactive ketones (excluding diaryl/α,β-unsaturated/α-hetero) is 1. The zero-order chi connectivity index (χ0) is 96.2. The molecule has 0 heterocycles. The molecule has 0 aromatic heterocycles. The lowest BCUT2D eigenvalue weighted by atomic mass is 9.48. The van der Waals surface area contributed by atoms with Gasteiger partial charge in [0.2, 0.25) is 0 Å². The Bertz CT molecular complexity index is 4860. The van der Waals surface area contributed by atoms with E-state index in [2.05, 4.69) is 136 Å². The number of methoxy groups -OCH3 is 3. The monoisotopic (exact) mass is 2000 g/mol. The first-order valence-electron chi connectivity index (χ1n) is 46.9. The van der Waals surface area contributed by atoms with Gasteiger partial charge in [-0.15, -0.1) is 0 Å². The van der Waals surface area contributed by atoms with E-state index >= 15 is 0 Å². The number of aliphatic hydroxyl groups excluding tert-OH is 6. The number of esters is 1. The fourth-order valence-electron chi connectivity index (χ4n) is 17.8. The molecular weight excluding hydrogens is 1800 g/mol. The largest absolute Gasteiger partial charge is 0.507 e. The third kappa shape index (κ3) is 40.3. The summed E-state index contributed by atoms with van der Waals surface area (Å²) in [6, 6.07) is 47.2. The van der Waals surface area contributed by atoms with Gasteiger partial charge in [-0.05, 0) is 297 Å². The molecule has 0 amide bonds. The normalized spacial score (nSPS) is 15.0. The molecule has 21 nitrogen and oxygen atoms in total. The second kappa shape index (κ2) is 72.1. The molecule has 4 saturated carbocycles. The van der Waals surface area contributed by atoms with E-state index in [4.69, 9.17) is 33.2 Å². The number of carbonyl (C=O) groups is 2. The van der Waals surface area contributed by atoms with Gasteiger partial charge < -0.3 is 94.1 Å². The van der Waals surface area contributed by atoms with Crippen molar-refractivity contribution < 1.29 is 104 Å². The molecule has 6 unspecified atom stereocenters. The summed E-state index contributed by atoms with van der Waals surface area (Å²) in [6.45, 7) is 31.4. The lowest BCUT2D eigenvalue weighted by molar-refractivity contribution is -0.00535. The molecule has 6 atom stereocenters. The van der Waals surface area contributed by atoms with Crippen LogP contribution in [0.3, 0.4) is 0 Å². The fourth-order valence-corrected chi connectivity index (χ4v) is 17.8. The molecule has 13 rings (SSSR count). The summed E-state index contributed by atoms with van der Waals surface area (Å²) in [5.41, 5.74) is 16.2. The van der Waals surface area contributed by atoms with Gasteiger partial charge in [0.05, 0.1) is 72.1 Å². The Balaban J connectivity index is -0.000000400. The summed E-state index contributed by atoms with van der Waals surface area (Å²) in [4.78, 5) is 22.5. The Labute approximate surface area is 867 Å². The summed E-state index contributed by atoms with van der Waals surface area (Å²) in [5.74, 6) is 8.49. The van der Waals surface area contributed by atoms with Crippen molar-refractivity contribution in [3.05, 3.63) is 257 Å². The minimum absolute atomic E-state index is 0. The van der Waals surface area contributed by atoms with Crippen LogP contribution in [0.15, 0.2) is 146 Å². The Morgan fingerprint density at radius 1 is 0.343 bits per heavy atom. The Hall–Kier alpha value is -10.2. The molecule has 21 heteroatoms. The van der Waals surface area contributed by atoms with Crippen LogP contribution < -0.4 is 23.7 Å². The van der Waals surface area contributed by atoms with Crippen molar-refractivity contribution in [2.75, 3.05) is 54.4 Å². The van der Waals surface area contributed by atoms with Crippen molar-refractivity contribution in [3.8, 4) is 57.5 Å². The van der Waals surface area contributed by atoms with Gasteiger partial charge in [-0.1, -0.05) is 233 Å². The molecule has 0 spiro atoms. The molecule has 812 valence electrons. The summed E-state index contributed by atoms with van der Waals surface area (Å²) in [5, 5.41) is 108. The highest BCUT2D eigenvalue weighted by Crippen LogP contribution is 2.61. The van der Waals surface area contributed by atoms with Gasteiger partial charge in [-0.3, -0.25) is 4.79 Å². The highest BCUT2D eigenvalue weighted by molar-refractivity contribution is 5.97. The van der Waals surface area contributed by atoms with E-state index in [9.17, 15) is 65.8 Å². The summed E-state index contributed by atoms with van der Waals surface area (Å²) in [7, 11) is 4.54. The number of carbonyl (C=O) groups excluding carboxylic acids is 2. The summed E-state index contributed by atoms with van der Waals surface area (Å²) >= 11 is 0. The van der Waals surface area contributed by atoms with Gasteiger partial charge >= 0.3 is 5.97 Å². The second-order valence-electron chi connectivity index (χ2n) is 35.7. The van der Waals surface area contributed by atoms with E-state index in [1.807, 2.05) is 86.6 Å². The number of rotatable bonds is 39. The lowest BCUT2D eigenvalue weighted by Crippen LogP contribution is -2.48. The smallest absolute Gasteiger partial charge is 0.341 e. The number of benzene rings is 9. The quantitative estimate of drug-likeness (QED) is 0.00968. The number of hydrogen-bond donors (Lipinski definition) is 11. The highest BCUT2D eigenvalue weighted by atomic mass is 16.5. The van der Waals surface area contributed by atoms with Crippen molar-refractivity contribution in [2.24, 2.45) is 17.8 Å². The zero-order valence-electron chi connectivity index (χ0n) is 80.9. The average Bonchev–Trinajstić information content (AvgIpc) is 0.727. The van der Waals surface area contributed by atoms with Crippen molar-refractivity contribution >= 4 is 11.8 Å². The van der Waals surface area contributed by atoms with Crippen LogP contribution in [0.2, 0.25) is 0 Å². The van der Waals surface area contributed by atoms with Crippen LogP contribution in [0, 0.1) is 31.6 Å². The maximum absolute atomic E-state index is 11.3. The number of aliphatic hydroxyl groups is 6. The number of ketones is 1. The van der Waals surface area contributed by atoms with Crippen LogP contribution in [-0.4, -0.2) is 122 Å². The summed E-state index contributed by atoms with van der Waals surface area (Å²) in [6.07, 6.45) is 15.2. The predicted octanol–water partition coefficient (Wildman–Crippen LogP) is 30.2. The van der Waals surface area contributed by atoms with Crippen LogP contribution in [-0.2, 0) is 78.9 Å². The highest BCUT2D eigenvalue weighted by Gasteiger charge is 2.52. The fraction of sp³-hybridized carbons (Fsp3) is 0.541. The number of hydrogen-bond acceptors (Lipinski definition) is 21. The molecule has 9 aromatic carbocycles. The molecule has 4 fully saturated rings. The molecule has 9 aromatic rings. The SMILES string of the molecule is C.C.C.C.C.C.C.C.C.C.C.C.CCC(C)c1cc(C)c(O)c(C)c1.CCC(C)c1ccc(O)c(C(=O)OC)c1.CCC(C)c1ccc(O)c(C(C)=O)c1.CCC(C)c1ccc(OCCOc2c(CO)c(CO)c(O)c(CO)c2CO)cc1.CCC(C)c1ccc(OCCOc2c(CO)cc(C34CC5CC(CC(C5)C3)C4)cc2CO)cc1.CCC(C)c1ccc(OCCc2cc(COC)c(O)c(COC)c2)cc1. The first-order valence-corrected chi connectivity index (χ1v) is 46.9. The number of aryl methyl sites for hydroxylation is 2. The third-order valence-electron chi connectivity index (χ3n) is 26.6. The topological polar surface area (TPSA) is 331 Å². The van der Waals surface area contributed by atoms with Crippen molar-refractivity contribution in [3.63, 3.8) is 0 Å². The Kier molecular flexibility index (Phi) is 72.4. The van der Waals surface area contributed by atoms with Gasteiger partial charge in [-0.2, -0.15) is 0 Å². The maximum atomic E-state index is 11.3. The average molecular weight is 2000 g/mol. The van der Waals surface area contributed by atoms with E-state index in [1.54, 1.807) is 32.4 Å². The van der Waals surface area contributed by atoms with Crippen molar-refractivity contribution in [2.45, 2.75) is 370 Å². The van der Waals surface area contributed by atoms with Crippen molar-refractivity contribution in [1.29, 1.82) is 0 Å². The zero-order valence-corrected chi connectivity index (χ0v) is 80.9. The second-order valence-corrected chi connectivity index (χ2v) is 35.7. The first kappa shape index (κ1) is 143. The van der Waals surface area contributed by atoms with Crippen LogP contribution in [0.25, 0.3) is 0 Å². The predicted molar refractivity (Wildman–Crippen MR) is 598 cm³/mol. The van der Waals surface area contributed by atoms with Crippen LogP contribution >= 0.6 is 0 Å². The molecule has 11 N–H and O–H groups in total. The van der Waals surface area contributed by atoms with E-state index in [0.717, 1.165) is 124 Å². The molecule has 0 radical (unpaired) electrons. The van der Waals surface area contributed by atoms with Crippen LogP contribution in [0.5, 0.6) is 57.5 Å². The van der Waals surface area contributed by atoms with E-state index in [0.29, 0.717) is 91.4 Å².